The third kappa shape index (κ3) is 0.962. The second-order valence-corrected chi connectivity index (χ2v) is 2.37. The van der Waals surface area contributed by atoms with Gasteiger partial charge in [-0.2, -0.15) is 4.39 Å². The normalized spacial score (nSPS) is 9.43. The molecule has 1 heterocycles. The van der Waals surface area contributed by atoms with Gasteiger partial charge >= 0.3 is 0 Å². The summed E-state index contributed by atoms with van der Waals surface area (Å²) in [5.41, 5.74) is 0. The first kappa shape index (κ1) is 4.71. The minimum Gasteiger partial charge on any atom is -0.247 e. The Morgan fingerprint density at radius 2 is 2.57 bits per heavy atom. The van der Waals surface area contributed by atoms with Crippen molar-refractivity contribution in [2.24, 2.45) is 0 Å². The third-order valence-electron chi connectivity index (χ3n) is 0.593. The van der Waals surface area contributed by atoms with E-state index in [-0.39, 0.29) is 5.13 Å². The highest BCUT2D eigenvalue weighted by Gasteiger charge is 1.90. The fourth-order valence-corrected chi connectivity index (χ4v) is 0.828. The van der Waals surface area contributed by atoms with Crippen LogP contribution in [-0.2, 0) is 0 Å². The van der Waals surface area contributed by atoms with Gasteiger partial charge in [-0.25, -0.2) is 4.98 Å². The Kier molecular flexibility index (Phi) is 1.06. The summed E-state index contributed by atoms with van der Waals surface area (Å²) >= 11 is 1.06. The van der Waals surface area contributed by atoms with E-state index in [1.54, 1.807) is 6.92 Å². The van der Waals surface area contributed by atoms with Crippen molar-refractivity contribution < 1.29 is 4.39 Å². The highest BCUT2D eigenvalue weighted by Crippen LogP contribution is 2.07. The first-order valence-electron chi connectivity index (χ1n) is 1.87. The van der Waals surface area contributed by atoms with Crippen molar-refractivity contribution in [3.05, 3.63) is 16.3 Å². The minimum absolute atomic E-state index is 0.211. The number of hydrogen-bond acceptors (Lipinski definition) is 2. The van der Waals surface area contributed by atoms with Crippen molar-refractivity contribution in [3.63, 3.8) is 0 Å². The van der Waals surface area contributed by atoms with E-state index in [1.807, 2.05) is 0 Å². The number of hydrogen-bond donors (Lipinski definition) is 0. The molecule has 0 unspecified atom stereocenters. The predicted molar refractivity (Wildman–Crippen MR) is 26.8 cm³/mol. The largest absolute Gasteiger partial charge is 0.247 e. The fraction of sp³-hybridized carbons (Fsp3) is 0.250. The molecular weight excluding hydrogens is 113 g/mol. The molecule has 0 N–H and O–H groups in total. The van der Waals surface area contributed by atoms with Gasteiger partial charge in [0.15, 0.2) is 5.13 Å². The third-order valence-corrected chi connectivity index (χ3v) is 1.29. The Balaban J connectivity index is 3.04. The molecule has 0 aliphatic rings. The first-order chi connectivity index (χ1) is 3.29. The van der Waals surface area contributed by atoms with Crippen molar-refractivity contribution in [2.75, 3.05) is 0 Å². The molecule has 3 heteroatoms. The van der Waals surface area contributed by atoms with E-state index >= 15 is 0 Å². The summed E-state index contributed by atoms with van der Waals surface area (Å²) in [7, 11) is 0. The van der Waals surface area contributed by atoms with Gasteiger partial charge < -0.3 is 0 Å². The molecule has 0 fully saturated rings. The quantitative estimate of drug-likeness (QED) is 0.503. The van der Waals surface area contributed by atoms with Crippen molar-refractivity contribution in [1.29, 1.82) is 0 Å². The monoisotopic (exact) mass is 117 g/mol. The van der Waals surface area contributed by atoms with Crippen LogP contribution >= 0.6 is 11.3 Å². The van der Waals surface area contributed by atoms with Gasteiger partial charge in [0, 0.05) is 0 Å². The molecule has 1 aromatic rings. The van der Waals surface area contributed by atoms with E-state index in [1.165, 1.54) is 6.20 Å². The topological polar surface area (TPSA) is 12.9 Å². The lowest BCUT2D eigenvalue weighted by Crippen LogP contribution is -1.57. The minimum atomic E-state index is -0.211. The molecule has 0 saturated heterocycles. The molecule has 0 spiro atoms. The van der Waals surface area contributed by atoms with Gasteiger partial charge in [-0.3, -0.25) is 0 Å². The SMILES string of the molecule is Cc1ncc(F)s1. The van der Waals surface area contributed by atoms with E-state index in [0.717, 1.165) is 16.3 Å². The Labute approximate surface area is 44.8 Å². The zero-order chi connectivity index (χ0) is 5.28. The molecule has 0 amide bonds. The Morgan fingerprint density at radius 1 is 1.86 bits per heavy atom. The molecule has 0 bridgehead atoms. The Bertz CT molecular complexity index is 144. The maximum atomic E-state index is 11.9. The van der Waals surface area contributed by atoms with Crippen molar-refractivity contribution in [3.8, 4) is 0 Å². The molecule has 0 aliphatic carbocycles. The van der Waals surface area contributed by atoms with Gasteiger partial charge in [-0.15, -0.1) is 0 Å². The lowest BCUT2D eigenvalue weighted by Gasteiger charge is -1.66. The number of rotatable bonds is 0. The summed E-state index contributed by atoms with van der Waals surface area (Å²) in [5.74, 6) is 0. The van der Waals surface area contributed by atoms with Crippen LogP contribution in [0, 0.1) is 12.1 Å². The Hall–Kier alpha value is -0.440. The van der Waals surface area contributed by atoms with E-state index in [4.69, 9.17) is 0 Å². The molecule has 0 aliphatic heterocycles. The van der Waals surface area contributed by atoms with Gasteiger partial charge in [0.25, 0.3) is 0 Å². The van der Waals surface area contributed by atoms with Gasteiger partial charge in [0.1, 0.15) is 0 Å². The van der Waals surface area contributed by atoms with E-state index in [0.29, 0.717) is 0 Å². The van der Waals surface area contributed by atoms with Crippen LogP contribution in [0.3, 0.4) is 0 Å². The van der Waals surface area contributed by atoms with Gasteiger partial charge in [-0.05, 0) is 6.92 Å². The second-order valence-electron chi connectivity index (χ2n) is 1.18. The fourth-order valence-electron chi connectivity index (χ4n) is 0.335. The number of halogens is 1. The summed E-state index contributed by atoms with van der Waals surface area (Å²) in [6, 6.07) is 0. The summed E-state index contributed by atoms with van der Waals surface area (Å²) < 4.78 is 11.9. The lowest BCUT2D eigenvalue weighted by molar-refractivity contribution is 0.653. The van der Waals surface area contributed by atoms with Gasteiger partial charge in [0.2, 0.25) is 0 Å². The van der Waals surface area contributed by atoms with E-state index in [9.17, 15) is 4.39 Å². The maximum Gasteiger partial charge on any atom is 0.196 e. The van der Waals surface area contributed by atoms with Crippen LogP contribution in [0.15, 0.2) is 6.20 Å². The second kappa shape index (κ2) is 1.58. The molecule has 1 nitrogen and oxygen atoms in total. The average Bonchev–Trinajstić information content (AvgIpc) is 1.87. The van der Waals surface area contributed by atoms with E-state index in [2.05, 4.69) is 4.98 Å². The van der Waals surface area contributed by atoms with Crippen LogP contribution in [0.1, 0.15) is 5.01 Å². The molecule has 0 aromatic carbocycles. The van der Waals surface area contributed by atoms with Crippen LogP contribution in [0.4, 0.5) is 4.39 Å². The number of aromatic nitrogens is 1. The van der Waals surface area contributed by atoms with Crippen molar-refractivity contribution >= 4 is 11.3 Å². The van der Waals surface area contributed by atoms with Crippen molar-refractivity contribution in [1.82, 2.24) is 4.98 Å². The molecule has 7 heavy (non-hydrogen) atoms. The predicted octanol–water partition coefficient (Wildman–Crippen LogP) is 1.59. The lowest BCUT2D eigenvalue weighted by atomic mass is 10.8. The standard InChI is InChI=1S/C4H4FNS/c1-3-6-2-4(5)7-3/h2H,1H3. The number of thiazole rings is 1. The van der Waals surface area contributed by atoms with Gasteiger partial charge in [0.05, 0.1) is 11.2 Å². The molecule has 0 atom stereocenters. The zero-order valence-electron chi connectivity index (χ0n) is 3.81. The Morgan fingerprint density at radius 3 is 2.71 bits per heavy atom. The molecular formula is C4H4FNS. The first-order valence-corrected chi connectivity index (χ1v) is 2.68. The molecule has 38 valence electrons. The van der Waals surface area contributed by atoms with Crippen LogP contribution < -0.4 is 0 Å². The highest BCUT2D eigenvalue weighted by atomic mass is 32.1. The summed E-state index contributed by atoms with van der Waals surface area (Å²) in [4.78, 5) is 3.66. The molecule has 0 radical (unpaired) electrons. The van der Waals surface area contributed by atoms with E-state index < -0.39 is 0 Å². The zero-order valence-corrected chi connectivity index (χ0v) is 4.63. The summed E-state index contributed by atoms with van der Waals surface area (Å²) in [6.07, 6.45) is 1.22. The van der Waals surface area contributed by atoms with Crippen LogP contribution in [0.2, 0.25) is 0 Å². The molecule has 0 saturated carbocycles. The number of aryl methyl sites for hydroxylation is 1. The maximum absolute atomic E-state index is 11.9. The summed E-state index contributed by atoms with van der Waals surface area (Å²) in [5, 5.41) is 0.565. The average molecular weight is 117 g/mol. The highest BCUT2D eigenvalue weighted by molar-refractivity contribution is 7.09. The smallest absolute Gasteiger partial charge is 0.196 e. The molecule has 1 rings (SSSR count). The van der Waals surface area contributed by atoms with Crippen LogP contribution in [-0.4, -0.2) is 4.98 Å². The summed E-state index contributed by atoms with van der Waals surface area (Å²) in [6.45, 7) is 1.77. The number of nitrogens with zero attached hydrogens (tertiary/aromatic N) is 1. The van der Waals surface area contributed by atoms with Crippen LogP contribution in [0.5, 0.6) is 0 Å². The molecule has 1 aromatic heterocycles. The van der Waals surface area contributed by atoms with Gasteiger partial charge in [-0.1, -0.05) is 11.3 Å². The van der Waals surface area contributed by atoms with Crippen LogP contribution in [0.25, 0.3) is 0 Å². The van der Waals surface area contributed by atoms with Crippen molar-refractivity contribution in [2.45, 2.75) is 6.92 Å².